The Hall–Kier alpha value is -3.59. The second-order valence-corrected chi connectivity index (χ2v) is 8.71. The number of rotatable bonds is 7. The molecule has 3 aromatic rings. The van der Waals surface area contributed by atoms with E-state index in [2.05, 4.69) is 17.1 Å². The first kappa shape index (κ1) is 22.6. The van der Waals surface area contributed by atoms with Gasteiger partial charge in [0.1, 0.15) is 22.3 Å². The van der Waals surface area contributed by atoms with E-state index in [4.69, 9.17) is 4.74 Å². The van der Waals surface area contributed by atoms with Crippen molar-refractivity contribution in [1.82, 2.24) is 10.2 Å². The predicted octanol–water partition coefficient (Wildman–Crippen LogP) is 4.79. The number of aryl methyl sites for hydroxylation is 1. The number of hydrogen-bond acceptors (Lipinski definition) is 7. The van der Waals surface area contributed by atoms with Crippen LogP contribution in [0, 0.1) is 12.7 Å². The molecule has 2 aromatic carbocycles. The van der Waals surface area contributed by atoms with E-state index in [-0.39, 0.29) is 22.0 Å². The maximum absolute atomic E-state index is 13.4. The zero-order chi connectivity index (χ0) is 23.5. The lowest BCUT2D eigenvalue weighted by molar-refractivity contribution is -0.132. The van der Waals surface area contributed by atoms with Gasteiger partial charge in [-0.2, -0.15) is 0 Å². The molecule has 0 spiro atoms. The smallest absolute Gasteiger partial charge is 0.301 e. The molecule has 1 atom stereocenters. The number of amides is 1. The third kappa shape index (κ3) is 4.49. The Labute approximate surface area is 194 Å². The van der Waals surface area contributed by atoms with Gasteiger partial charge in [0, 0.05) is 5.56 Å². The zero-order valence-corrected chi connectivity index (χ0v) is 18.9. The van der Waals surface area contributed by atoms with Crippen molar-refractivity contribution in [2.45, 2.75) is 32.7 Å². The Morgan fingerprint density at radius 2 is 1.94 bits per heavy atom. The molecule has 4 rings (SSSR count). The Morgan fingerprint density at radius 1 is 1.18 bits per heavy atom. The summed E-state index contributed by atoms with van der Waals surface area (Å²) in [6.45, 7) is 4.34. The summed E-state index contributed by atoms with van der Waals surface area (Å²) in [4.78, 5) is 27.4. The average Bonchev–Trinajstić information content (AvgIpc) is 3.35. The number of aromatic nitrogens is 2. The van der Waals surface area contributed by atoms with E-state index in [1.165, 1.54) is 40.5 Å². The number of carbonyl (C=O) groups excluding carboxylic acids is 2. The third-order valence-corrected chi connectivity index (χ3v) is 6.06. The van der Waals surface area contributed by atoms with Crippen LogP contribution >= 0.6 is 11.3 Å². The van der Waals surface area contributed by atoms with Gasteiger partial charge in [-0.15, -0.1) is 10.2 Å². The van der Waals surface area contributed by atoms with Crippen molar-refractivity contribution in [3.8, 4) is 5.75 Å². The van der Waals surface area contributed by atoms with Crippen LogP contribution in [0.25, 0.3) is 5.76 Å². The normalized spacial score (nSPS) is 17.5. The van der Waals surface area contributed by atoms with Crippen molar-refractivity contribution in [2.75, 3.05) is 11.5 Å². The number of hydrogen-bond donors (Lipinski definition) is 1. The molecule has 1 aromatic heterocycles. The molecule has 1 saturated heterocycles. The van der Waals surface area contributed by atoms with Gasteiger partial charge < -0.3 is 9.84 Å². The number of nitrogens with zero attached hydrogens (tertiary/aromatic N) is 3. The van der Waals surface area contributed by atoms with Crippen molar-refractivity contribution >= 4 is 33.9 Å². The van der Waals surface area contributed by atoms with E-state index >= 15 is 0 Å². The highest BCUT2D eigenvalue weighted by molar-refractivity contribution is 7.15. The lowest BCUT2D eigenvalue weighted by atomic mass is 9.95. The maximum atomic E-state index is 13.4. The molecule has 1 aliphatic heterocycles. The Morgan fingerprint density at radius 3 is 2.61 bits per heavy atom. The molecule has 0 unspecified atom stereocenters. The molecule has 0 aliphatic carbocycles. The van der Waals surface area contributed by atoms with Crippen LogP contribution in [0.5, 0.6) is 5.75 Å². The summed E-state index contributed by atoms with van der Waals surface area (Å²) in [6, 6.07) is 11.2. The second kappa shape index (κ2) is 9.50. The zero-order valence-electron chi connectivity index (χ0n) is 18.1. The molecule has 0 saturated carbocycles. The fraction of sp³-hybridized carbons (Fsp3) is 0.250. The topological polar surface area (TPSA) is 92.6 Å². The highest BCUT2D eigenvalue weighted by Gasteiger charge is 2.48. The van der Waals surface area contributed by atoms with Crippen molar-refractivity contribution < 1.29 is 23.8 Å². The van der Waals surface area contributed by atoms with Crippen molar-refractivity contribution in [1.29, 1.82) is 0 Å². The van der Waals surface area contributed by atoms with Crippen LogP contribution in [0.15, 0.2) is 54.1 Å². The lowest BCUT2D eigenvalue weighted by Gasteiger charge is -2.23. The number of Topliss-reactive ketones (excluding diaryl/α,β-unsaturated/α-hetero) is 1. The summed E-state index contributed by atoms with van der Waals surface area (Å²) >= 11 is 1.17. The maximum Gasteiger partial charge on any atom is 0.301 e. The molecule has 33 heavy (non-hydrogen) atoms. The molecule has 0 radical (unpaired) electrons. The minimum absolute atomic E-state index is 0.106. The molecule has 1 N–H and O–H groups in total. The van der Waals surface area contributed by atoms with Crippen LogP contribution in [-0.4, -0.2) is 33.6 Å². The summed E-state index contributed by atoms with van der Waals surface area (Å²) in [6.07, 6.45) is 1.87. The number of carbonyl (C=O) groups is 2. The van der Waals surface area contributed by atoms with Gasteiger partial charge >= 0.3 is 5.91 Å². The number of anilines is 1. The molecule has 2 heterocycles. The second-order valence-electron chi connectivity index (χ2n) is 7.55. The van der Waals surface area contributed by atoms with E-state index in [0.717, 1.165) is 12.8 Å². The largest absolute Gasteiger partial charge is 0.507 e. The summed E-state index contributed by atoms with van der Waals surface area (Å²) in [7, 11) is 0. The Bertz CT molecular complexity index is 1220. The number of unbranched alkanes of at least 4 members (excludes halogenated alkanes) is 1. The molecule has 170 valence electrons. The lowest BCUT2D eigenvalue weighted by Crippen LogP contribution is -2.29. The van der Waals surface area contributed by atoms with Gasteiger partial charge in [0.25, 0.3) is 5.78 Å². The van der Waals surface area contributed by atoms with Gasteiger partial charge in [-0.3, -0.25) is 14.5 Å². The van der Waals surface area contributed by atoms with Crippen LogP contribution in [-0.2, 0) is 9.59 Å². The van der Waals surface area contributed by atoms with Gasteiger partial charge in [0.2, 0.25) is 5.13 Å². The van der Waals surface area contributed by atoms with Crippen molar-refractivity contribution in [2.24, 2.45) is 0 Å². The highest BCUT2D eigenvalue weighted by Crippen LogP contribution is 2.43. The number of halogens is 1. The van der Waals surface area contributed by atoms with Gasteiger partial charge in [-0.05, 0) is 55.3 Å². The average molecular weight is 468 g/mol. The van der Waals surface area contributed by atoms with E-state index in [9.17, 15) is 19.1 Å². The quantitative estimate of drug-likeness (QED) is 0.232. The standard InChI is InChI=1S/C24H22FN3O4S/c1-3-4-12-32-18-7-5-6-16(13-18)20-19(21(29)15-8-10-17(25)11-9-15)22(30)23(31)28(20)24-27-26-14(2)33-24/h5-11,13,20,29H,3-4,12H2,1-2H3/t20-/m1/s1. The van der Waals surface area contributed by atoms with Crippen LogP contribution in [0.3, 0.4) is 0 Å². The molecule has 1 aliphatic rings. The van der Waals surface area contributed by atoms with Crippen LogP contribution in [0.4, 0.5) is 9.52 Å². The number of ether oxygens (including phenoxy) is 1. The molecule has 1 amide bonds. The number of ketones is 1. The molecular weight excluding hydrogens is 445 g/mol. The van der Waals surface area contributed by atoms with Gasteiger partial charge in [0.05, 0.1) is 18.2 Å². The first-order valence-corrected chi connectivity index (χ1v) is 11.3. The van der Waals surface area contributed by atoms with Crippen molar-refractivity contribution in [3.63, 3.8) is 0 Å². The van der Waals surface area contributed by atoms with E-state index in [0.29, 0.717) is 22.9 Å². The number of benzene rings is 2. The van der Waals surface area contributed by atoms with Crippen LogP contribution in [0.2, 0.25) is 0 Å². The first-order valence-electron chi connectivity index (χ1n) is 10.5. The van der Waals surface area contributed by atoms with Gasteiger partial charge in [-0.1, -0.05) is 36.8 Å². The summed E-state index contributed by atoms with van der Waals surface area (Å²) in [5.41, 5.74) is 0.688. The Kier molecular flexibility index (Phi) is 6.50. The monoisotopic (exact) mass is 467 g/mol. The molecule has 0 bridgehead atoms. The van der Waals surface area contributed by atoms with Crippen LogP contribution in [0.1, 0.15) is 41.9 Å². The van der Waals surface area contributed by atoms with E-state index in [1.807, 2.05) is 0 Å². The Balaban J connectivity index is 1.86. The van der Waals surface area contributed by atoms with Gasteiger partial charge in [-0.25, -0.2) is 4.39 Å². The molecule has 1 fully saturated rings. The van der Waals surface area contributed by atoms with Crippen molar-refractivity contribution in [3.05, 3.63) is 76.1 Å². The first-order chi connectivity index (χ1) is 15.9. The predicted molar refractivity (Wildman–Crippen MR) is 123 cm³/mol. The minimum atomic E-state index is -0.947. The fourth-order valence-electron chi connectivity index (χ4n) is 3.60. The molecule has 7 nitrogen and oxygen atoms in total. The minimum Gasteiger partial charge on any atom is -0.507 e. The third-order valence-electron chi connectivity index (χ3n) is 5.22. The van der Waals surface area contributed by atoms with Gasteiger partial charge in [0.15, 0.2) is 0 Å². The molecule has 9 heteroatoms. The SMILES string of the molecule is CCCCOc1cccc([C@@H]2C(=C(O)c3ccc(F)cc3)C(=O)C(=O)N2c2nnc(C)s2)c1. The summed E-state index contributed by atoms with van der Waals surface area (Å²) in [5, 5.41) is 19.9. The number of aliphatic hydroxyl groups is 1. The molecular formula is C24H22FN3O4S. The number of aliphatic hydroxyl groups excluding tert-OH is 1. The van der Waals surface area contributed by atoms with E-state index in [1.54, 1.807) is 31.2 Å². The fourth-order valence-corrected chi connectivity index (χ4v) is 4.31. The summed E-state index contributed by atoms with van der Waals surface area (Å²) in [5.74, 6) is -1.96. The van der Waals surface area contributed by atoms with E-state index < -0.39 is 23.5 Å². The highest BCUT2D eigenvalue weighted by atomic mass is 32.1. The summed E-state index contributed by atoms with van der Waals surface area (Å²) < 4.78 is 19.2. The van der Waals surface area contributed by atoms with Crippen LogP contribution < -0.4 is 9.64 Å².